The number of fused-ring (bicyclic) bond motifs is 5. The van der Waals surface area contributed by atoms with E-state index in [1.807, 2.05) is 0 Å². The largest absolute Gasteiger partial charge is 0.324 e. The summed E-state index contributed by atoms with van der Waals surface area (Å²) in [4.78, 5) is 0. The highest BCUT2D eigenvalue weighted by molar-refractivity contribution is 8.16. The molecule has 2 nitrogen and oxygen atoms in total. The van der Waals surface area contributed by atoms with Gasteiger partial charge in [-0.1, -0.05) is 92.9 Å². The molecular formula is C24H36B2O2S2. The molecule has 4 aliphatic carbocycles. The summed E-state index contributed by atoms with van der Waals surface area (Å²) in [5, 5.41) is 0. The highest BCUT2D eigenvalue weighted by Gasteiger charge is 2.57. The van der Waals surface area contributed by atoms with E-state index in [9.17, 15) is 0 Å². The van der Waals surface area contributed by atoms with Gasteiger partial charge in [0.2, 0.25) is 14.2 Å². The Bertz CT molecular complexity index is 792. The smallest absolute Gasteiger partial charge is 0.209 e. The monoisotopic (exact) mass is 446 g/mol. The predicted octanol–water partition coefficient (Wildman–Crippen LogP) is 6.15. The number of allylic oxidation sites excluding steroid dienone is 5. The molecule has 0 N–H and O–H groups in total. The molecule has 4 aliphatic rings. The van der Waals surface area contributed by atoms with E-state index >= 15 is 0 Å². The Balaban J connectivity index is 1.63. The van der Waals surface area contributed by atoms with E-state index in [2.05, 4.69) is 45.9 Å². The first-order valence-electron chi connectivity index (χ1n) is 12.7. The zero-order chi connectivity index (χ0) is 22.9. The fraction of sp³-hybridized carbons (Fsp3) is 0.750. The summed E-state index contributed by atoms with van der Waals surface area (Å²) in [6, 6.07) is 0. The molecule has 30 heavy (non-hydrogen) atoms. The molecule has 0 aromatic carbocycles. The van der Waals surface area contributed by atoms with E-state index in [1.54, 1.807) is 11.1 Å². The molecule has 6 heteroatoms. The van der Waals surface area contributed by atoms with Crippen LogP contribution in [0.25, 0.3) is 0 Å². The average molecular weight is 446 g/mol. The summed E-state index contributed by atoms with van der Waals surface area (Å²) in [7, 11) is 2.53. The molecule has 0 aliphatic heterocycles. The maximum absolute atomic E-state index is 7.49. The first kappa shape index (κ1) is 20.6. The fourth-order valence-corrected chi connectivity index (χ4v) is 8.05. The van der Waals surface area contributed by atoms with Crippen LogP contribution in [0.5, 0.6) is 0 Å². The van der Waals surface area contributed by atoms with E-state index in [-0.39, 0.29) is 17.6 Å². The molecule has 0 aromatic heterocycles. The topological polar surface area (TPSA) is 18.5 Å². The zero-order valence-electron chi connectivity index (χ0n) is 20.9. The van der Waals surface area contributed by atoms with Gasteiger partial charge in [0.15, 0.2) is 0 Å². The molecule has 0 amide bonds. The summed E-state index contributed by atoms with van der Waals surface area (Å²) < 4.78 is 26.9. The Morgan fingerprint density at radius 1 is 1.23 bits per heavy atom. The second-order valence-electron chi connectivity index (χ2n) is 10.2. The van der Waals surface area contributed by atoms with E-state index < -0.39 is 0 Å². The van der Waals surface area contributed by atoms with Gasteiger partial charge in [0.05, 0.1) is 12.2 Å². The SMILES string of the molecule is [3H][B]SO[C@@H]1CC2=CC=C3C(CC[C@]4(C)C([C@@H](C)CCC)=CCC34)[C@@]2(C)[C@@H](OS[B][3H])C1. The predicted molar refractivity (Wildman–Crippen MR) is 134 cm³/mol. The zero-order valence-corrected chi connectivity index (χ0v) is 20.5. The van der Waals surface area contributed by atoms with E-state index in [4.69, 9.17) is 11.0 Å². The van der Waals surface area contributed by atoms with Crippen molar-refractivity contribution < 1.29 is 8.37 Å². The van der Waals surface area contributed by atoms with Crippen molar-refractivity contribution in [3.63, 3.8) is 0 Å². The lowest BCUT2D eigenvalue weighted by molar-refractivity contribution is -0.0153. The lowest BCUT2D eigenvalue weighted by Crippen LogP contribution is -2.52. The molecule has 4 rings (SSSR count). The molecule has 7 atom stereocenters. The lowest BCUT2D eigenvalue weighted by atomic mass is 9.49. The summed E-state index contributed by atoms with van der Waals surface area (Å²) in [5.74, 6) is 1.77. The number of rotatable bonds is 9. The van der Waals surface area contributed by atoms with Crippen molar-refractivity contribution in [3.05, 3.63) is 34.9 Å². The molecule has 0 saturated heterocycles. The Morgan fingerprint density at radius 3 is 2.80 bits per heavy atom. The Kier molecular flexibility index (Phi) is 6.22. The summed E-state index contributed by atoms with van der Waals surface area (Å²) in [5.41, 5.74) is 4.98. The first-order chi connectivity index (χ1) is 15.4. The lowest BCUT2D eigenvalue weighted by Gasteiger charge is -2.57. The van der Waals surface area contributed by atoms with Crippen molar-refractivity contribution in [2.45, 2.75) is 84.8 Å². The first-order valence-corrected chi connectivity index (χ1v) is 13.2. The van der Waals surface area contributed by atoms with Gasteiger partial charge in [0.1, 0.15) is 0 Å². The third-order valence-corrected chi connectivity index (χ3v) is 9.59. The highest BCUT2D eigenvalue weighted by Crippen LogP contribution is 2.65. The van der Waals surface area contributed by atoms with Gasteiger partial charge in [-0.25, -0.2) is 0 Å². The maximum atomic E-state index is 7.49. The van der Waals surface area contributed by atoms with Crippen molar-refractivity contribution in [1.82, 2.24) is 0 Å². The van der Waals surface area contributed by atoms with Crippen molar-refractivity contribution in [2.75, 3.05) is 0 Å². The molecule has 162 valence electrons. The van der Waals surface area contributed by atoms with Gasteiger partial charge in [-0.05, 0) is 57.9 Å². The van der Waals surface area contributed by atoms with Crippen LogP contribution in [0.3, 0.4) is 0 Å². The normalized spacial score (nSPS) is 41.8. The number of hydrogen-bond donors (Lipinski definition) is 0. The van der Waals surface area contributed by atoms with E-state index in [0.717, 1.165) is 36.6 Å². The van der Waals surface area contributed by atoms with Gasteiger partial charge in [0.25, 0.3) is 0 Å². The van der Waals surface area contributed by atoms with Gasteiger partial charge in [-0.3, -0.25) is 0 Å². The van der Waals surface area contributed by atoms with Gasteiger partial charge >= 0.3 is 0 Å². The average Bonchev–Trinajstić information content (AvgIpc) is 3.13. The van der Waals surface area contributed by atoms with Crippen molar-refractivity contribution in [3.8, 4) is 0 Å². The third kappa shape index (κ3) is 3.62. The fourth-order valence-electron chi connectivity index (χ4n) is 7.34. The summed E-state index contributed by atoms with van der Waals surface area (Å²) in [6.07, 6.45) is 15.3. The quantitative estimate of drug-likeness (QED) is 0.240. The van der Waals surface area contributed by atoms with Gasteiger partial charge in [-0.15, -0.1) is 0 Å². The minimum Gasteiger partial charge on any atom is -0.324 e. The van der Waals surface area contributed by atoms with Crippen molar-refractivity contribution >= 4 is 38.0 Å². The van der Waals surface area contributed by atoms with Crippen molar-refractivity contribution in [1.29, 1.82) is 2.67 Å². The molecule has 2 fully saturated rings. The van der Waals surface area contributed by atoms with Crippen LogP contribution in [0.2, 0.25) is 0 Å². The van der Waals surface area contributed by atoms with E-state index in [0.29, 0.717) is 23.2 Å². The van der Waals surface area contributed by atoms with Crippen molar-refractivity contribution in [2.24, 2.45) is 28.6 Å². The minimum atomic E-state index is -0.0611. The van der Waals surface area contributed by atoms with Gasteiger partial charge in [-0.2, -0.15) is 0 Å². The molecular weight excluding hydrogens is 406 g/mol. The molecule has 0 heterocycles. The minimum absolute atomic E-state index is 0.00339. The van der Waals surface area contributed by atoms with E-state index in [1.165, 1.54) is 51.9 Å². The van der Waals surface area contributed by atoms with Crippen LogP contribution in [0, 0.1) is 28.6 Å². The van der Waals surface area contributed by atoms with Crippen LogP contribution in [-0.2, 0) is 8.37 Å². The van der Waals surface area contributed by atoms with Gasteiger partial charge < -0.3 is 8.37 Å². The molecule has 0 spiro atoms. The molecule has 2 unspecified atom stereocenters. The third-order valence-electron chi connectivity index (χ3n) is 8.86. The van der Waals surface area contributed by atoms with Crippen LogP contribution in [0.15, 0.2) is 34.9 Å². The van der Waals surface area contributed by atoms with Crippen LogP contribution in [-0.4, -0.2) is 29.1 Å². The van der Waals surface area contributed by atoms with Crippen LogP contribution >= 0.6 is 23.8 Å². The standard InChI is InChI=1S/C24H36B2O2S2/c1-5-6-15(2)19-9-10-20-18-8-7-16-13-17(27-29-25)14-22(28-30-26)24(16,4)21(18)11-12-23(19,20)3/h7-9,15,17,20-22,25-26H,5-6,10-14H2,1-4H3/t15-,17+,20?,21?,22-,23+,24-/m0/s1/i25T,26T. The highest BCUT2D eigenvalue weighted by atomic mass is 32.2. The second kappa shape index (κ2) is 9.08. The molecule has 0 aromatic rings. The molecule has 2 saturated carbocycles. The number of hydrogen-bond acceptors (Lipinski definition) is 4. The summed E-state index contributed by atoms with van der Waals surface area (Å²) in [6.45, 7) is 9.65. The maximum Gasteiger partial charge on any atom is 0.209 e. The summed E-state index contributed by atoms with van der Waals surface area (Å²) >= 11 is 2.25. The Labute approximate surface area is 197 Å². The van der Waals surface area contributed by atoms with Crippen LogP contribution in [0.4, 0.5) is 0 Å². The Morgan fingerprint density at radius 2 is 2.03 bits per heavy atom. The Hall–Kier alpha value is -0.0301. The van der Waals surface area contributed by atoms with Crippen LogP contribution in [0.1, 0.15) is 72.6 Å². The molecule has 0 bridgehead atoms. The van der Waals surface area contributed by atoms with Crippen LogP contribution < -0.4 is 0 Å². The molecule has 2 radical (unpaired) electrons. The second-order valence-corrected chi connectivity index (χ2v) is 11.0. The van der Waals surface area contributed by atoms with Gasteiger partial charge in [0, 0.05) is 11.8 Å².